The topological polar surface area (TPSA) is 20.3 Å². The summed E-state index contributed by atoms with van der Waals surface area (Å²) in [4.78, 5) is 14.2. The summed E-state index contributed by atoms with van der Waals surface area (Å²) in [6.45, 7) is 0.946. The summed E-state index contributed by atoms with van der Waals surface area (Å²) in [5.74, 6) is 0.471. The molecule has 0 aliphatic carbocycles. The zero-order valence-electron chi connectivity index (χ0n) is 9.43. The number of ketones is 1. The lowest BCUT2D eigenvalue weighted by molar-refractivity contribution is -0.120. The number of carbonyl (C=O) groups is 1. The molecular weight excluding hydrogens is 198 g/mol. The molecule has 84 valence electrons. The van der Waals surface area contributed by atoms with Crippen LogP contribution in [0.4, 0.5) is 0 Å². The van der Waals surface area contributed by atoms with Crippen LogP contribution < -0.4 is 0 Å². The molecule has 1 aromatic rings. The van der Waals surface area contributed by atoms with Crippen molar-refractivity contribution in [3.05, 3.63) is 35.9 Å². The molecule has 2 aliphatic rings. The van der Waals surface area contributed by atoms with Gasteiger partial charge in [-0.05, 0) is 24.8 Å². The molecule has 2 nitrogen and oxygen atoms in total. The van der Waals surface area contributed by atoms with Crippen molar-refractivity contribution in [1.29, 1.82) is 0 Å². The maximum atomic E-state index is 11.8. The van der Waals surface area contributed by atoms with Gasteiger partial charge in [0.15, 0.2) is 5.78 Å². The number of benzene rings is 1. The van der Waals surface area contributed by atoms with Crippen molar-refractivity contribution in [2.24, 2.45) is 0 Å². The van der Waals surface area contributed by atoms with Crippen LogP contribution in [0.3, 0.4) is 0 Å². The maximum absolute atomic E-state index is 11.8. The first kappa shape index (κ1) is 10.0. The minimum absolute atomic E-state index is 0.221. The monoisotopic (exact) mass is 215 g/mol. The standard InChI is InChI=1S/C14H17NO/c16-14-9-12-7-4-8-13(14)15(12)10-11-5-2-1-3-6-11/h1-3,5-6,12-13H,4,7-10H2. The molecule has 16 heavy (non-hydrogen) atoms. The summed E-state index contributed by atoms with van der Waals surface area (Å²) in [5, 5.41) is 0. The fourth-order valence-corrected chi connectivity index (χ4v) is 3.10. The third-order valence-electron chi connectivity index (χ3n) is 3.90. The lowest BCUT2D eigenvalue weighted by atomic mass is 10.0. The normalized spacial score (nSPS) is 29.6. The summed E-state index contributed by atoms with van der Waals surface area (Å²) >= 11 is 0. The zero-order chi connectivity index (χ0) is 11.0. The Morgan fingerprint density at radius 1 is 1.19 bits per heavy atom. The second-order valence-corrected chi connectivity index (χ2v) is 4.93. The van der Waals surface area contributed by atoms with E-state index in [9.17, 15) is 4.79 Å². The van der Waals surface area contributed by atoms with E-state index >= 15 is 0 Å². The maximum Gasteiger partial charge on any atom is 0.151 e. The molecule has 1 aromatic carbocycles. The van der Waals surface area contributed by atoms with E-state index in [0.29, 0.717) is 11.8 Å². The molecule has 3 rings (SSSR count). The van der Waals surface area contributed by atoms with Gasteiger partial charge in [0.05, 0.1) is 6.04 Å². The summed E-state index contributed by atoms with van der Waals surface area (Å²) in [6.07, 6.45) is 4.29. The van der Waals surface area contributed by atoms with Crippen LogP contribution >= 0.6 is 0 Å². The van der Waals surface area contributed by atoms with Gasteiger partial charge in [-0.25, -0.2) is 0 Å². The van der Waals surface area contributed by atoms with E-state index in [1.807, 2.05) is 6.07 Å². The number of carbonyl (C=O) groups excluding carboxylic acids is 1. The highest BCUT2D eigenvalue weighted by Gasteiger charge is 2.42. The highest BCUT2D eigenvalue weighted by Crippen LogP contribution is 2.34. The third-order valence-corrected chi connectivity index (χ3v) is 3.90. The summed E-state index contributed by atoms with van der Waals surface area (Å²) in [6, 6.07) is 11.2. The molecule has 0 N–H and O–H groups in total. The second-order valence-electron chi connectivity index (χ2n) is 4.93. The quantitative estimate of drug-likeness (QED) is 0.755. The fraction of sp³-hybridized carbons (Fsp3) is 0.500. The van der Waals surface area contributed by atoms with E-state index in [1.54, 1.807) is 0 Å². The first-order chi connectivity index (χ1) is 7.84. The predicted molar refractivity (Wildman–Crippen MR) is 63.0 cm³/mol. The van der Waals surface area contributed by atoms with Crippen LogP contribution in [-0.4, -0.2) is 22.8 Å². The number of piperidine rings is 1. The molecule has 2 unspecified atom stereocenters. The van der Waals surface area contributed by atoms with Crippen LogP contribution in [-0.2, 0) is 11.3 Å². The zero-order valence-corrected chi connectivity index (χ0v) is 9.43. The minimum atomic E-state index is 0.221. The van der Waals surface area contributed by atoms with Crippen LogP contribution in [0.15, 0.2) is 30.3 Å². The molecule has 2 heteroatoms. The molecule has 2 bridgehead atoms. The SMILES string of the molecule is O=C1CC2CCCC1N2Cc1ccccc1. The second kappa shape index (κ2) is 4.02. The number of Topliss-reactive ketones (excluding diaryl/α,β-unsaturated/α-hetero) is 1. The molecule has 2 aliphatic heterocycles. The molecular formula is C14H17NO. The van der Waals surface area contributed by atoms with Gasteiger partial charge >= 0.3 is 0 Å². The van der Waals surface area contributed by atoms with E-state index in [1.165, 1.54) is 18.4 Å². The van der Waals surface area contributed by atoms with Crippen molar-refractivity contribution in [2.75, 3.05) is 0 Å². The largest absolute Gasteiger partial charge is 0.298 e. The van der Waals surface area contributed by atoms with Gasteiger partial charge in [0.1, 0.15) is 0 Å². The van der Waals surface area contributed by atoms with Crippen LogP contribution in [0.25, 0.3) is 0 Å². The molecule has 2 atom stereocenters. The molecule has 2 fully saturated rings. The van der Waals surface area contributed by atoms with Gasteiger partial charge in [-0.1, -0.05) is 30.3 Å². The highest BCUT2D eigenvalue weighted by atomic mass is 16.1. The Morgan fingerprint density at radius 3 is 2.75 bits per heavy atom. The van der Waals surface area contributed by atoms with Gasteiger partial charge in [-0.3, -0.25) is 9.69 Å². The van der Waals surface area contributed by atoms with E-state index < -0.39 is 0 Å². The smallest absolute Gasteiger partial charge is 0.151 e. The van der Waals surface area contributed by atoms with E-state index in [2.05, 4.69) is 29.2 Å². The average Bonchev–Trinajstić information content (AvgIpc) is 2.49. The average molecular weight is 215 g/mol. The van der Waals surface area contributed by atoms with Crippen LogP contribution in [0.5, 0.6) is 0 Å². The minimum Gasteiger partial charge on any atom is -0.298 e. The van der Waals surface area contributed by atoms with E-state index in [4.69, 9.17) is 0 Å². The molecule has 0 spiro atoms. The molecule has 0 aromatic heterocycles. The van der Waals surface area contributed by atoms with Crippen LogP contribution in [0.1, 0.15) is 31.2 Å². The van der Waals surface area contributed by atoms with E-state index in [0.717, 1.165) is 19.4 Å². The van der Waals surface area contributed by atoms with Crippen LogP contribution in [0, 0.1) is 0 Å². The lowest BCUT2D eigenvalue weighted by Gasteiger charge is -2.33. The Kier molecular flexibility index (Phi) is 2.52. The van der Waals surface area contributed by atoms with Gasteiger partial charge in [0.2, 0.25) is 0 Å². The number of fused-ring (bicyclic) bond motifs is 2. The van der Waals surface area contributed by atoms with Crippen molar-refractivity contribution in [1.82, 2.24) is 4.90 Å². The van der Waals surface area contributed by atoms with E-state index in [-0.39, 0.29) is 6.04 Å². The Labute approximate surface area is 96.3 Å². The lowest BCUT2D eigenvalue weighted by Crippen LogP contribution is -2.40. The third kappa shape index (κ3) is 1.67. The van der Waals surface area contributed by atoms with Crippen molar-refractivity contribution in [2.45, 2.75) is 44.3 Å². The summed E-state index contributed by atoms with van der Waals surface area (Å²) in [5.41, 5.74) is 1.33. The van der Waals surface area contributed by atoms with Crippen LogP contribution in [0.2, 0.25) is 0 Å². The molecule has 2 heterocycles. The molecule has 0 radical (unpaired) electrons. The summed E-state index contributed by atoms with van der Waals surface area (Å²) < 4.78 is 0. The van der Waals surface area contributed by atoms with Crippen molar-refractivity contribution in [3.8, 4) is 0 Å². The molecule has 0 amide bonds. The molecule has 2 saturated heterocycles. The summed E-state index contributed by atoms with van der Waals surface area (Å²) in [7, 11) is 0. The number of hydrogen-bond donors (Lipinski definition) is 0. The first-order valence-corrected chi connectivity index (χ1v) is 6.17. The predicted octanol–water partition coefficient (Wildman–Crippen LogP) is 2.38. The number of rotatable bonds is 2. The number of hydrogen-bond acceptors (Lipinski definition) is 2. The van der Waals surface area contributed by atoms with Crippen molar-refractivity contribution in [3.63, 3.8) is 0 Å². The fourth-order valence-electron chi connectivity index (χ4n) is 3.10. The van der Waals surface area contributed by atoms with Gasteiger partial charge in [-0.2, -0.15) is 0 Å². The van der Waals surface area contributed by atoms with Gasteiger partial charge in [0.25, 0.3) is 0 Å². The van der Waals surface area contributed by atoms with Crippen molar-refractivity contribution < 1.29 is 4.79 Å². The Balaban J connectivity index is 1.78. The first-order valence-electron chi connectivity index (χ1n) is 6.17. The van der Waals surface area contributed by atoms with Gasteiger partial charge in [0, 0.05) is 19.0 Å². The van der Waals surface area contributed by atoms with Gasteiger partial charge < -0.3 is 0 Å². The Hall–Kier alpha value is -1.15. The number of nitrogens with zero attached hydrogens (tertiary/aromatic N) is 1. The van der Waals surface area contributed by atoms with Crippen molar-refractivity contribution >= 4 is 5.78 Å². The Morgan fingerprint density at radius 2 is 2.00 bits per heavy atom. The highest BCUT2D eigenvalue weighted by molar-refractivity contribution is 5.87. The van der Waals surface area contributed by atoms with Gasteiger partial charge in [-0.15, -0.1) is 0 Å². The molecule has 0 saturated carbocycles. The Bertz CT molecular complexity index is 387.